The van der Waals surface area contributed by atoms with E-state index in [-0.39, 0.29) is 23.8 Å². The Kier molecular flexibility index (Phi) is 12.7. The molecule has 0 saturated carbocycles. The molecule has 0 rings (SSSR count). The number of hydrogen-bond donors (Lipinski definition) is 0. The van der Waals surface area contributed by atoms with Gasteiger partial charge in [0.1, 0.15) is 0 Å². The summed E-state index contributed by atoms with van der Waals surface area (Å²) in [6.45, 7) is 17.5. The molecule has 0 unspecified atom stereocenters. The van der Waals surface area contributed by atoms with Gasteiger partial charge in [0, 0.05) is 0 Å². The predicted molar refractivity (Wildman–Crippen MR) is 116 cm³/mol. The first-order valence-corrected chi connectivity index (χ1v) is 11.5. The van der Waals surface area contributed by atoms with Gasteiger partial charge in [0.15, 0.2) is 0 Å². The SMILES string of the molecule is CCCOC(=O)C(CCC)(CCC)C(CC(C)C)(CC(C)C)C(=O)OCCC. The molecule has 28 heavy (non-hydrogen) atoms. The molecule has 0 aliphatic carbocycles. The normalized spacial score (nSPS) is 12.5. The van der Waals surface area contributed by atoms with E-state index in [4.69, 9.17) is 9.47 Å². The van der Waals surface area contributed by atoms with E-state index in [1.807, 2.05) is 13.8 Å². The van der Waals surface area contributed by atoms with Crippen LogP contribution in [0.2, 0.25) is 0 Å². The Balaban J connectivity index is 6.64. The molecular formula is C24H46O4. The van der Waals surface area contributed by atoms with E-state index in [1.54, 1.807) is 0 Å². The van der Waals surface area contributed by atoms with E-state index in [1.165, 1.54) is 0 Å². The minimum Gasteiger partial charge on any atom is -0.465 e. The van der Waals surface area contributed by atoms with Gasteiger partial charge in [0.05, 0.1) is 24.0 Å². The molecular weight excluding hydrogens is 352 g/mol. The second-order valence-corrected chi connectivity index (χ2v) is 9.13. The lowest BCUT2D eigenvalue weighted by atomic mass is 9.53. The largest absolute Gasteiger partial charge is 0.465 e. The average Bonchev–Trinajstić information content (AvgIpc) is 2.62. The summed E-state index contributed by atoms with van der Waals surface area (Å²) in [7, 11) is 0. The Morgan fingerprint density at radius 2 is 1.00 bits per heavy atom. The van der Waals surface area contributed by atoms with Gasteiger partial charge in [-0.15, -0.1) is 0 Å². The second kappa shape index (κ2) is 13.2. The van der Waals surface area contributed by atoms with Crippen molar-refractivity contribution in [3.63, 3.8) is 0 Å². The number of hydrogen-bond acceptors (Lipinski definition) is 4. The molecule has 166 valence electrons. The first-order valence-electron chi connectivity index (χ1n) is 11.5. The average molecular weight is 399 g/mol. The third-order valence-corrected chi connectivity index (χ3v) is 5.44. The van der Waals surface area contributed by atoms with Crippen LogP contribution in [0.3, 0.4) is 0 Å². The van der Waals surface area contributed by atoms with Gasteiger partial charge in [-0.3, -0.25) is 9.59 Å². The topological polar surface area (TPSA) is 52.6 Å². The first kappa shape index (κ1) is 26.9. The standard InChI is InChI=1S/C24H46O4/c1-9-13-23(14-10-2,21(25)27-15-11-3)24(17-19(5)6,18-20(7)8)22(26)28-16-12-4/h19-20H,9-18H2,1-8H3. The molecule has 0 radical (unpaired) electrons. The number of carbonyl (C=O) groups is 2. The fourth-order valence-corrected chi connectivity index (χ4v) is 4.75. The quantitative estimate of drug-likeness (QED) is 0.293. The maximum absolute atomic E-state index is 13.6. The van der Waals surface area contributed by atoms with Crippen molar-refractivity contribution in [3.05, 3.63) is 0 Å². The van der Waals surface area contributed by atoms with Gasteiger partial charge in [0.25, 0.3) is 0 Å². The van der Waals surface area contributed by atoms with Crippen LogP contribution in [-0.2, 0) is 19.1 Å². The molecule has 0 saturated heterocycles. The summed E-state index contributed by atoms with van der Waals surface area (Å²) in [6, 6.07) is 0. The lowest BCUT2D eigenvalue weighted by molar-refractivity contribution is -0.188. The highest BCUT2D eigenvalue weighted by Gasteiger charge is 2.61. The van der Waals surface area contributed by atoms with Crippen LogP contribution in [0.15, 0.2) is 0 Å². The Labute approximate surface area is 174 Å². The second-order valence-electron chi connectivity index (χ2n) is 9.13. The molecule has 4 nitrogen and oxygen atoms in total. The van der Waals surface area contributed by atoms with Gasteiger partial charge in [-0.2, -0.15) is 0 Å². The van der Waals surface area contributed by atoms with Crippen LogP contribution in [0.25, 0.3) is 0 Å². The fraction of sp³-hybridized carbons (Fsp3) is 0.917. The molecule has 0 spiro atoms. The van der Waals surface area contributed by atoms with Crippen molar-refractivity contribution in [3.8, 4) is 0 Å². The Bertz CT molecular complexity index is 438. The smallest absolute Gasteiger partial charge is 0.313 e. The molecule has 0 aromatic heterocycles. The van der Waals surface area contributed by atoms with Crippen molar-refractivity contribution in [2.45, 2.75) is 107 Å². The summed E-state index contributed by atoms with van der Waals surface area (Å²) in [5, 5.41) is 0. The van der Waals surface area contributed by atoms with Crippen LogP contribution in [-0.4, -0.2) is 25.2 Å². The molecule has 0 N–H and O–H groups in total. The summed E-state index contributed by atoms with van der Waals surface area (Å²) >= 11 is 0. The maximum atomic E-state index is 13.6. The highest BCUT2D eigenvalue weighted by Crippen LogP contribution is 2.55. The van der Waals surface area contributed by atoms with Crippen LogP contribution < -0.4 is 0 Å². The van der Waals surface area contributed by atoms with Gasteiger partial charge in [-0.25, -0.2) is 0 Å². The van der Waals surface area contributed by atoms with Crippen LogP contribution in [0.1, 0.15) is 107 Å². The Morgan fingerprint density at radius 1 is 0.643 bits per heavy atom. The van der Waals surface area contributed by atoms with E-state index in [2.05, 4.69) is 41.5 Å². The van der Waals surface area contributed by atoms with Gasteiger partial charge in [-0.05, 0) is 50.4 Å². The minimum absolute atomic E-state index is 0.201. The van der Waals surface area contributed by atoms with Crippen molar-refractivity contribution < 1.29 is 19.1 Å². The molecule has 0 atom stereocenters. The molecule has 0 aliphatic rings. The Hall–Kier alpha value is -1.06. The Morgan fingerprint density at radius 3 is 1.29 bits per heavy atom. The third kappa shape index (κ3) is 6.77. The van der Waals surface area contributed by atoms with E-state index in [0.29, 0.717) is 38.9 Å². The molecule has 0 aliphatic heterocycles. The summed E-state index contributed by atoms with van der Waals surface area (Å²) in [5.41, 5.74) is -1.67. The van der Waals surface area contributed by atoms with Crippen molar-refractivity contribution in [1.82, 2.24) is 0 Å². The van der Waals surface area contributed by atoms with Crippen LogP contribution in [0.4, 0.5) is 0 Å². The molecule has 4 heteroatoms. The first-order chi connectivity index (χ1) is 13.2. The van der Waals surface area contributed by atoms with Crippen molar-refractivity contribution in [2.75, 3.05) is 13.2 Å². The molecule has 0 fully saturated rings. The van der Waals surface area contributed by atoms with Crippen molar-refractivity contribution in [1.29, 1.82) is 0 Å². The summed E-state index contributed by atoms with van der Waals surface area (Å²) in [4.78, 5) is 27.2. The summed E-state index contributed by atoms with van der Waals surface area (Å²) in [5.74, 6) is 0.153. The van der Waals surface area contributed by atoms with E-state index < -0.39 is 10.8 Å². The zero-order valence-electron chi connectivity index (χ0n) is 19.9. The molecule has 0 aromatic rings. The molecule has 0 bridgehead atoms. The van der Waals surface area contributed by atoms with Crippen molar-refractivity contribution >= 4 is 11.9 Å². The number of rotatable bonds is 15. The highest BCUT2D eigenvalue weighted by atomic mass is 16.5. The zero-order valence-corrected chi connectivity index (χ0v) is 19.9. The van der Waals surface area contributed by atoms with E-state index in [0.717, 1.165) is 25.7 Å². The molecule has 0 aromatic carbocycles. The third-order valence-electron chi connectivity index (χ3n) is 5.44. The van der Waals surface area contributed by atoms with Crippen LogP contribution >= 0.6 is 0 Å². The highest BCUT2D eigenvalue weighted by molar-refractivity contribution is 5.88. The van der Waals surface area contributed by atoms with Crippen LogP contribution in [0, 0.1) is 22.7 Å². The number of esters is 2. The molecule has 0 heterocycles. The predicted octanol–water partition coefficient (Wildman–Crippen LogP) is 6.56. The van der Waals surface area contributed by atoms with E-state index >= 15 is 0 Å². The van der Waals surface area contributed by atoms with Gasteiger partial charge in [-0.1, -0.05) is 68.2 Å². The van der Waals surface area contributed by atoms with Crippen LogP contribution in [0.5, 0.6) is 0 Å². The van der Waals surface area contributed by atoms with Gasteiger partial charge < -0.3 is 9.47 Å². The zero-order chi connectivity index (χ0) is 21.8. The number of carbonyl (C=O) groups excluding carboxylic acids is 2. The summed E-state index contributed by atoms with van der Waals surface area (Å²) in [6.07, 6.45) is 5.83. The lowest BCUT2D eigenvalue weighted by Crippen LogP contribution is -2.55. The summed E-state index contributed by atoms with van der Waals surface area (Å²) < 4.78 is 11.5. The van der Waals surface area contributed by atoms with Gasteiger partial charge >= 0.3 is 11.9 Å². The monoisotopic (exact) mass is 398 g/mol. The molecule has 0 amide bonds. The maximum Gasteiger partial charge on any atom is 0.313 e. The van der Waals surface area contributed by atoms with Gasteiger partial charge in [0.2, 0.25) is 0 Å². The fourth-order valence-electron chi connectivity index (χ4n) is 4.75. The lowest BCUT2D eigenvalue weighted by Gasteiger charge is -2.49. The number of ether oxygens (including phenoxy) is 2. The van der Waals surface area contributed by atoms with Crippen molar-refractivity contribution in [2.24, 2.45) is 22.7 Å². The minimum atomic E-state index is -0.846. The van der Waals surface area contributed by atoms with E-state index in [9.17, 15) is 9.59 Å².